The summed E-state index contributed by atoms with van der Waals surface area (Å²) in [5, 5.41) is 5.48. The van der Waals surface area contributed by atoms with Gasteiger partial charge in [0.05, 0.1) is 7.11 Å². The zero-order valence-electron chi connectivity index (χ0n) is 14.0. The standard InChI is InChI=1S/C19H21N3O3/c1-25-17-8-3-2-7-14(17)15-10-16(15)18(23)21-11-12-5-4-6-13(9-12)22-19(20)24/h2-9,15-16H,10-11H2,1H3,(H,21,23)(H3,20,22,24)/t15-,16-/m0/s1. The zero-order valence-corrected chi connectivity index (χ0v) is 14.0. The van der Waals surface area contributed by atoms with Gasteiger partial charge in [0.1, 0.15) is 5.75 Å². The smallest absolute Gasteiger partial charge is 0.316 e. The first kappa shape index (κ1) is 16.8. The highest BCUT2D eigenvalue weighted by atomic mass is 16.5. The lowest BCUT2D eigenvalue weighted by molar-refractivity contribution is -0.122. The van der Waals surface area contributed by atoms with E-state index in [-0.39, 0.29) is 17.7 Å². The summed E-state index contributed by atoms with van der Waals surface area (Å²) in [5.74, 6) is 1.04. The van der Waals surface area contributed by atoms with Gasteiger partial charge in [-0.2, -0.15) is 0 Å². The number of hydrogen-bond acceptors (Lipinski definition) is 3. The molecule has 0 saturated heterocycles. The number of primary amides is 1. The first-order valence-corrected chi connectivity index (χ1v) is 8.14. The summed E-state index contributed by atoms with van der Waals surface area (Å²) in [6, 6.07) is 14.4. The van der Waals surface area contributed by atoms with Crippen molar-refractivity contribution < 1.29 is 14.3 Å². The summed E-state index contributed by atoms with van der Waals surface area (Å²) in [6.07, 6.45) is 0.829. The molecule has 0 radical (unpaired) electrons. The van der Waals surface area contributed by atoms with Crippen LogP contribution in [0.4, 0.5) is 10.5 Å². The van der Waals surface area contributed by atoms with Crippen LogP contribution in [0.5, 0.6) is 5.75 Å². The van der Waals surface area contributed by atoms with Crippen molar-refractivity contribution in [2.45, 2.75) is 18.9 Å². The van der Waals surface area contributed by atoms with Gasteiger partial charge in [-0.25, -0.2) is 4.79 Å². The Balaban J connectivity index is 1.57. The molecule has 25 heavy (non-hydrogen) atoms. The van der Waals surface area contributed by atoms with Crippen LogP contribution in [0.15, 0.2) is 48.5 Å². The van der Waals surface area contributed by atoms with Gasteiger partial charge in [0, 0.05) is 18.2 Å². The van der Waals surface area contributed by atoms with Gasteiger partial charge < -0.3 is 21.1 Å². The van der Waals surface area contributed by atoms with Crippen molar-refractivity contribution in [1.82, 2.24) is 5.32 Å². The van der Waals surface area contributed by atoms with E-state index in [4.69, 9.17) is 10.5 Å². The number of ether oxygens (including phenoxy) is 1. The predicted octanol–water partition coefficient (Wildman–Crippen LogP) is 2.61. The number of rotatable bonds is 6. The van der Waals surface area contributed by atoms with Crippen molar-refractivity contribution in [3.05, 3.63) is 59.7 Å². The van der Waals surface area contributed by atoms with E-state index in [0.29, 0.717) is 12.2 Å². The molecular weight excluding hydrogens is 318 g/mol. The van der Waals surface area contributed by atoms with E-state index in [9.17, 15) is 9.59 Å². The summed E-state index contributed by atoms with van der Waals surface area (Å²) >= 11 is 0. The van der Waals surface area contributed by atoms with E-state index in [1.165, 1.54) is 0 Å². The van der Waals surface area contributed by atoms with Crippen molar-refractivity contribution in [3.8, 4) is 5.75 Å². The highest BCUT2D eigenvalue weighted by Gasteiger charge is 2.45. The van der Waals surface area contributed by atoms with Crippen molar-refractivity contribution in [3.63, 3.8) is 0 Å². The van der Waals surface area contributed by atoms with Gasteiger partial charge in [0.2, 0.25) is 5.91 Å². The normalized spacial score (nSPS) is 18.3. The van der Waals surface area contributed by atoms with Crippen LogP contribution in [-0.4, -0.2) is 19.0 Å². The Bertz CT molecular complexity index is 791. The quantitative estimate of drug-likeness (QED) is 0.755. The molecule has 1 saturated carbocycles. The Morgan fingerprint density at radius 1 is 1.20 bits per heavy atom. The maximum absolute atomic E-state index is 12.4. The number of methoxy groups -OCH3 is 1. The minimum atomic E-state index is -0.612. The lowest BCUT2D eigenvalue weighted by Crippen LogP contribution is -2.25. The van der Waals surface area contributed by atoms with Gasteiger partial charge in [-0.15, -0.1) is 0 Å². The highest BCUT2D eigenvalue weighted by Crippen LogP contribution is 2.50. The molecule has 1 fully saturated rings. The molecule has 0 heterocycles. The molecule has 2 atom stereocenters. The third-order valence-corrected chi connectivity index (χ3v) is 4.33. The molecule has 0 bridgehead atoms. The Labute approximate surface area is 146 Å². The number of amides is 3. The van der Waals surface area contributed by atoms with Crippen molar-refractivity contribution in [1.29, 1.82) is 0 Å². The summed E-state index contributed by atoms with van der Waals surface area (Å²) in [4.78, 5) is 23.3. The minimum Gasteiger partial charge on any atom is -0.496 e. The number of nitrogens with two attached hydrogens (primary N) is 1. The van der Waals surface area contributed by atoms with Crippen molar-refractivity contribution in [2.75, 3.05) is 12.4 Å². The number of carbonyl (C=O) groups excluding carboxylic acids is 2. The molecule has 0 aromatic heterocycles. The fourth-order valence-corrected chi connectivity index (χ4v) is 3.02. The first-order valence-electron chi connectivity index (χ1n) is 8.14. The molecule has 4 N–H and O–H groups in total. The molecule has 2 aromatic carbocycles. The second kappa shape index (κ2) is 7.25. The number of benzene rings is 2. The molecule has 6 nitrogen and oxygen atoms in total. The number of urea groups is 1. The average Bonchev–Trinajstić information content (AvgIpc) is 3.40. The molecule has 0 aliphatic heterocycles. The molecule has 3 amide bonds. The average molecular weight is 339 g/mol. The molecule has 2 aromatic rings. The number of anilines is 1. The van der Waals surface area contributed by atoms with Gasteiger partial charge >= 0.3 is 6.03 Å². The summed E-state index contributed by atoms with van der Waals surface area (Å²) in [5.41, 5.74) is 7.70. The summed E-state index contributed by atoms with van der Waals surface area (Å²) < 4.78 is 5.37. The van der Waals surface area contributed by atoms with E-state index in [1.54, 1.807) is 19.2 Å². The zero-order chi connectivity index (χ0) is 17.8. The van der Waals surface area contributed by atoms with Crippen LogP contribution in [0, 0.1) is 5.92 Å². The predicted molar refractivity (Wildman–Crippen MR) is 95.3 cm³/mol. The highest BCUT2D eigenvalue weighted by molar-refractivity contribution is 5.88. The number of carbonyl (C=O) groups is 2. The number of nitrogens with one attached hydrogen (secondary N) is 2. The van der Waals surface area contributed by atoms with Crippen LogP contribution in [0.2, 0.25) is 0 Å². The van der Waals surface area contributed by atoms with Crippen LogP contribution in [-0.2, 0) is 11.3 Å². The Morgan fingerprint density at radius 2 is 2.00 bits per heavy atom. The van der Waals surface area contributed by atoms with Gasteiger partial charge in [-0.3, -0.25) is 4.79 Å². The second-order valence-electron chi connectivity index (χ2n) is 6.10. The van der Waals surface area contributed by atoms with Crippen molar-refractivity contribution >= 4 is 17.6 Å². The van der Waals surface area contributed by atoms with Gasteiger partial charge in [0.15, 0.2) is 0 Å². The van der Waals surface area contributed by atoms with Gasteiger partial charge in [0.25, 0.3) is 0 Å². The van der Waals surface area contributed by atoms with Crippen LogP contribution in [0.3, 0.4) is 0 Å². The van der Waals surface area contributed by atoms with Crippen LogP contribution in [0.25, 0.3) is 0 Å². The van der Waals surface area contributed by atoms with Crippen LogP contribution < -0.4 is 21.1 Å². The third kappa shape index (κ3) is 4.09. The van der Waals surface area contributed by atoms with E-state index < -0.39 is 6.03 Å². The number of hydrogen-bond donors (Lipinski definition) is 3. The maximum Gasteiger partial charge on any atom is 0.316 e. The van der Waals surface area contributed by atoms with Gasteiger partial charge in [-0.1, -0.05) is 30.3 Å². The Kier molecular flexibility index (Phi) is 4.88. The lowest BCUT2D eigenvalue weighted by Gasteiger charge is -2.09. The Morgan fingerprint density at radius 3 is 2.76 bits per heavy atom. The second-order valence-corrected chi connectivity index (χ2v) is 6.10. The molecule has 0 spiro atoms. The van der Waals surface area contributed by atoms with E-state index >= 15 is 0 Å². The molecule has 0 unspecified atom stereocenters. The molecule has 1 aliphatic rings. The number of para-hydroxylation sites is 1. The fraction of sp³-hybridized carbons (Fsp3) is 0.263. The van der Waals surface area contributed by atoms with E-state index in [2.05, 4.69) is 10.6 Å². The minimum absolute atomic E-state index is 0.0248. The topological polar surface area (TPSA) is 93.4 Å². The molecule has 1 aliphatic carbocycles. The molecule has 130 valence electrons. The van der Waals surface area contributed by atoms with Crippen molar-refractivity contribution in [2.24, 2.45) is 11.7 Å². The first-order chi connectivity index (χ1) is 12.1. The summed E-state index contributed by atoms with van der Waals surface area (Å²) in [6.45, 7) is 0.405. The third-order valence-electron chi connectivity index (χ3n) is 4.33. The van der Waals surface area contributed by atoms with Crippen LogP contribution in [0.1, 0.15) is 23.5 Å². The SMILES string of the molecule is COc1ccccc1[C@@H]1C[C@@H]1C(=O)NCc1cccc(NC(N)=O)c1. The molecular formula is C19H21N3O3. The molecule has 3 rings (SSSR count). The van der Waals surface area contributed by atoms with Crippen LogP contribution >= 0.6 is 0 Å². The van der Waals surface area contributed by atoms with E-state index in [0.717, 1.165) is 23.3 Å². The van der Waals surface area contributed by atoms with E-state index in [1.807, 2.05) is 36.4 Å². The summed E-state index contributed by atoms with van der Waals surface area (Å²) in [7, 11) is 1.64. The van der Waals surface area contributed by atoms with Gasteiger partial charge in [-0.05, 0) is 41.7 Å². The Hall–Kier alpha value is -3.02. The monoisotopic (exact) mass is 339 g/mol. The lowest BCUT2D eigenvalue weighted by atomic mass is 10.1. The molecule has 6 heteroatoms. The maximum atomic E-state index is 12.4. The fourth-order valence-electron chi connectivity index (χ4n) is 3.02. The largest absolute Gasteiger partial charge is 0.496 e.